The summed E-state index contributed by atoms with van der Waals surface area (Å²) >= 11 is 0. The van der Waals surface area contributed by atoms with Crippen LogP contribution in [0.3, 0.4) is 0 Å². The molecule has 0 spiro atoms. The first kappa shape index (κ1) is 17.7. The fourth-order valence-corrected chi connectivity index (χ4v) is 3.15. The molecule has 0 bridgehead atoms. The minimum absolute atomic E-state index is 0.302. The molecule has 5 nitrogen and oxygen atoms in total. The van der Waals surface area contributed by atoms with Crippen molar-refractivity contribution < 1.29 is 9.53 Å². The third-order valence-corrected chi connectivity index (χ3v) is 4.65. The van der Waals surface area contributed by atoms with Gasteiger partial charge in [0.15, 0.2) is 0 Å². The van der Waals surface area contributed by atoms with Crippen LogP contribution in [0.4, 0.5) is 4.79 Å². The lowest BCUT2D eigenvalue weighted by Crippen LogP contribution is -2.31. The van der Waals surface area contributed by atoms with Crippen molar-refractivity contribution in [1.29, 1.82) is 0 Å². The SMILES string of the molecule is CC(c1ccccc1)(c1ccccc1)n1cnc(CCCOC(N)=O)c1. The smallest absolute Gasteiger partial charge is 0.404 e. The number of nitrogens with two attached hydrogens (primary N) is 1. The summed E-state index contributed by atoms with van der Waals surface area (Å²) in [5, 5.41) is 0. The lowest BCUT2D eigenvalue weighted by Gasteiger charge is -2.32. The highest BCUT2D eigenvalue weighted by atomic mass is 16.5. The summed E-state index contributed by atoms with van der Waals surface area (Å²) in [6.07, 6.45) is 4.60. The van der Waals surface area contributed by atoms with Gasteiger partial charge < -0.3 is 15.0 Å². The van der Waals surface area contributed by atoms with Gasteiger partial charge >= 0.3 is 6.09 Å². The number of carbonyl (C=O) groups excluding carboxylic acids is 1. The maximum atomic E-state index is 10.6. The largest absolute Gasteiger partial charge is 0.450 e. The van der Waals surface area contributed by atoms with Crippen molar-refractivity contribution in [3.8, 4) is 0 Å². The minimum atomic E-state index is -0.740. The van der Waals surface area contributed by atoms with Crippen molar-refractivity contribution in [1.82, 2.24) is 9.55 Å². The van der Waals surface area contributed by atoms with E-state index in [0.29, 0.717) is 13.0 Å². The fourth-order valence-electron chi connectivity index (χ4n) is 3.15. The van der Waals surface area contributed by atoms with Gasteiger partial charge in [-0.1, -0.05) is 60.7 Å². The Morgan fingerprint density at radius 1 is 1.08 bits per heavy atom. The van der Waals surface area contributed by atoms with Gasteiger partial charge in [-0.3, -0.25) is 0 Å². The van der Waals surface area contributed by atoms with Crippen LogP contribution in [-0.4, -0.2) is 22.3 Å². The van der Waals surface area contributed by atoms with Gasteiger partial charge in [0.1, 0.15) is 0 Å². The van der Waals surface area contributed by atoms with Crippen LogP contribution in [0.15, 0.2) is 73.2 Å². The Morgan fingerprint density at radius 3 is 2.19 bits per heavy atom. The summed E-state index contributed by atoms with van der Waals surface area (Å²) in [7, 11) is 0. The number of rotatable bonds is 7. The number of carbonyl (C=O) groups is 1. The van der Waals surface area contributed by atoms with Crippen molar-refractivity contribution in [3.05, 3.63) is 90.0 Å². The van der Waals surface area contributed by atoms with E-state index in [4.69, 9.17) is 10.5 Å². The van der Waals surface area contributed by atoms with Crippen LogP contribution < -0.4 is 5.73 Å². The third kappa shape index (κ3) is 3.77. The molecule has 26 heavy (non-hydrogen) atoms. The van der Waals surface area contributed by atoms with E-state index in [1.54, 1.807) is 0 Å². The molecule has 0 aliphatic rings. The summed E-state index contributed by atoms with van der Waals surface area (Å²) in [5.74, 6) is 0. The van der Waals surface area contributed by atoms with Crippen LogP contribution in [0.5, 0.6) is 0 Å². The molecule has 1 aromatic heterocycles. The Hall–Kier alpha value is -3.08. The molecule has 3 aromatic rings. The van der Waals surface area contributed by atoms with Crippen LogP contribution in [0, 0.1) is 0 Å². The summed E-state index contributed by atoms with van der Waals surface area (Å²) < 4.78 is 6.92. The molecule has 134 valence electrons. The van der Waals surface area contributed by atoms with Gasteiger partial charge in [-0.2, -0.15) is 0 Å². The third-order valence-electron chi connectivity index (χ3n) is 4.65. The van der Waals surface area contributed by atoms with Crippen LogP contribution in [-0.2, 0) is 16.7 Å². The fraction of sp³-hybridized carbons (Fsp3) is 0.238. The first-order valence-electron chi connectivity index (χ1n) is 8.67. The molecule has 2 aromatic carbocycles. The van der Waals surface area contributed by atoms with Crippen molar-refractivity contribution in [2.75, 3.05) is 6.61 Å². The number of hydrogen-bond acceptors (Lipinski definition) is 3. The second kappa shape index (κ2) is 7.87. The van der Waals surface area contributed by atoms with Crippen LogP contribution in [0.2, 0.25) is 0 Å². The second-order valence-electron chi connectivity index (χ2n) is 6.35. The van der Waals surface area contributed by atoms with E-state index in [-0.39, 0.29) is 5.54 Å². The highest BCUT2D eigenvalue weighted by Gasteiger charge is 2.30. The molecule has 0 saturated carbocycles. The summed E-state index contributed by atoms with van der Waals surface area (Å²) in [6.45, 7) is 2.50. The average Bonchev–Trinajstić information content (AvgIpc) is 3.15. The first-order chi connectivity index (χ1) is 12.6. The van der Waals surface area contributed by atoms with Crippen molar-refractivity contribution >= 4 is 6.09 Å². The van der Waals surface area contributed by atoms with Gasteiger partial charge in [0.25, 0.3) is 0 Å². The minimum Gasteiger partial charge on any atom is -0.450 e. The number of amides is 1. The molecule has 0 aliphatic carbocycles. The maximum absolute atomic E-state index is 10.6. The Morgan fingerprint density at radius 2 is 1.65 bits per heavy atom. The molecular weight excluding hydrogens is 326 g/mol. The van der Waals surface area contributed by atoms with Gasteiger partial charge in [-0.25, -0.2) is 9.78 Å². The number of nitrogens with zero attached hydrogens (tertiary/aromatic N) is 2. The quantitative estimate of drug-likeness (QED) is 0.661. The first-order valence-corrected chi connectivity index (χ1v) is 8.67. The summed E-state index contributed by atoms with van der Waals surface area (Å²) in [5.41, 5.74) is 7.95. The second-order valence-corrected chi connectivity index (χ2v) is 6.35. The van der Waals surface area contributed by atoms with Gasteiger partial charge in [0.2, 0.25) is 0 Å². The molecule has 0 saturated heterocycles. The zero-order valence-electron chi connectivity index (χ0n) is 14.8. The molecule has 0 radical (unpaired) electrons. The van der Waals surface area contributed by atoms with Crippen LogP contribution in [0.25, 0.3) is 0 Å². The highest BCUT2D eigenvalue weighted by Crippen LogP contribution is 2.33. The summed E-state index contributed by atoms with van der Waals surface area (Å²) in [6, 6.07) is 20.8. The predicted molar refractivity (Wildman–Crippen MR) is 101 cm³/mol. The Kier molecular flexibility index (Phi) is 5.37. The van der Waals surface area contributed by atoms with E-state index in [9.17, 15) is 4.79 Å². The number of ether oxygens (including phenoxy) is 1. The predicted octanol–water partition coefficient (Wildman–Crippen LogP) is 3.72. The topological polar surface area (TPSA) is 70.1 Å². The molecule has 0 unspecified atom stereocenters. The van der Waals surface area contributed by atoms with E-state index < -0.39 is 6.09 Å². The molecule has 0 fully saturated rings. The number of primary amides is 1. The Labute approximate surface area is 153 Å². The standard InChI is InChI=1S/C21H23N3O2/c1-21(17-9-4-2-5-10-17,18-11-6-3-7-12-18)24-15-19(23-16-24)13-8-14-26-20(22)25/h2-7,9-12,15-16H,8,13-14H2,1H3,(H2,22,25). The molecule has 1 heterocycles. The molecule has 1 amide bonds. The molecule has 2 N–H and O–H groups in total. The zero-order valence-corrected chi connectivity index (χ0v) is 14.8. The van der Waals surface area contributed by atoms with Gasteiger partial charge in [0, 0.05) is 6.20 Å². The Bertz CT molecular complexity index is 804. The van der Waals surface area contributed by atoms with E-state index in [1.165, 1.54) is 11.1 Å². The van der Waals surface area contributed by atoms with E-state index in [0.717, 1.165) is 12.1 Å². The van der Waals surface area contributed by atoms with Crippen molar-refractivity contribution in [3.63, 3.8) is 0 Å². The average molecular weight is 349 g/mol. The van der Waals surface area contributed by atoms with E-state index >= 15 is 0 Å². The van der Waals surface area contributed by atoms with Crippen molar-refractivity contribution in [2.24, 2.45) is 5.73 Å². The Balaban J connectivity index is 1.88. The number of aryl methyl sites for hydroxylation is 1. The van der Waals surface area contributed by atoms with Gasteiger partial charge in [-0.15, -0.1) is 0 Å². The van der Waals surface area contributed by atoms with Gasteiger partial charge in [-0.05, 0) is 30.9 Å². The molecule has 5 heteroatoms. The van der Waals surface area contributed by atoms with Gasteiger partial charge in [0.05, 0.1) is 24.2 Å². The molecule has 0 aliphatic heterocycles. The van der Waals surface area contributed by atoms with E-state index in [2.05, 4.69) is 71.2 Å². The number of aromatic nitrogens is 2. The highest BCUT2D eigenvalue weighted by molar-refractivity contribution is 5.64. The number of hydrogen-bond donors (Lipinski definition) is 1. The van der Waals surface area contributed by atoms with E-state index in [1.807, 2.05) is 18.5 Å². The lowest BCUT2D eigenvalue weighted by atomic mass is 9.84. The molecule has 3 rings (SSSR count). The van der Waals surface area contributed by atoms with Crippen LogP contribution >= 0.6 is 0 Å². The summed E-state index contributed by atoms with van der Waals surface area (Å²) in [4.78, 5) is 15.2. The van der Waals surface area contributed by atoms with Crippen molar-refractivity contribution in [2.45, 2.75) is 25.3 Å². The molecular formula is C21H23N3O2. The maximum Gasteiger partial charge on any atom is 0.404 e. The lowest BCUT2D eigenvalue weighted by molar-refractivity contribution is 0.155. The normalized spacial score (nSPS) is 11.3. The van der Waals surface area contributed by atoms with Crippen LogP contribution in [0.1, 0.15) is 30.2 Å². The zero-order chi connectivity index (χ0) is 18.4. The molecule has 0 atom stereocenters. The monoisotopic (exact) mass is 349 g/mol. The number of benzene rings is 2. The number of imidazole rings is 1.